The van der Waals surface area contributed by atoms with Crippen molar-refractivity contribution < 1.29 is 27.9 Å². The molecule has 0 radical (unpaired) electrons. The summed E-state index contributed by atoms with van der Waals surface area (Å²) < 4.78 is 35.3. The number of fused-ring (bicyclic) bond motifs is 4. The van der Waals surface area contributed by atoms with Gasteiger partial charge in [0.05, 0.1) is 19.1 Å². The van der Waals surface area contributed by atoms with Gasteiger partial charge in [0.1, 0.15) is 23.5 Å². The van der Waals surface area contributed by atoms with Gasteiger partial charge in [0.2, 0.25) is 11.8 Å². The molecule has 4 fully saturated rings. The van der Waals surface area contributed by atoms with Crippen LogP contribution in [-0.4, -0.2) is 65.3 Å². The molecular formula is C25H27F2N5O4. The number of nitrogens with zero attached hydrogens (tertiary/aromatic N) is 2. The van der Waals surface area contributed by atoms with Gasteiger partial charge in [0.25, 0.3) is 11.8 Å². The number of nitriles is 1. The highest BCUT2D eigenvalue weighted by Crippen LogP contribution is 2.49. The molecule has 3 aliphatic heterocycles. The number of amides is 3. The number of carbonyl (C=O) groups excluding carboxylic acids is 3. The summed E-state index contributed by atoms with van der Waals surface area (Å²) in [5.74, 6) is -5.90. The number of piperidine rings is 2. The smallest absolute Gasteiger partial charge is 0.271 e. The van der Waals surface area contributed by atoms with Crippen molar-refractivity contribution in [1.82, 2.24) is 20.5 Å². The van der Waals surface area contributed by atoms with Crippen molar-refractivity contribution in [2.45, 2.75) is 56.2 Å². The van der Waals surface area contributed by atoms with E-state index in [0.717, 1.165) is 0 Å². The molecular weight excluding hydrogens is 472 g/mol. The van der Waals surface area contributed by atoms with E-state index in [9.17, 15) is 28.4 Å². The van der Waals surface area contributed by atoms with Crippen LogP contribution in [0.3, 0.4) is 0 Å². The van der Waals surface area contributed by atoms with Gasteiger partial charge in [-0.2, -0.15) is 5.26 Å². The van der Waals surface area contributed by atoms with Gasteiger partial charge in [0.15, 0.2) is 0 Å². The number of aromatic amines is 1. The second-order valence-corrected chi connectivity index (χ2v) is 9.77. The lowest BCUT2D eigenvalue weighted by molar-refractivity contribution is -0.179. The number of hydrogen-bond acceptors (Lipinski definition) is 5. The van der Waals surface area contributed by atoms with Crippen LogP contribution < -0.4 is 15.4 Å². The molecule has 2 aromatic rings. The van der Waals surface area contributed by atoms with Crippen molar-refractivity contribution in [1.29, 1.82) is 5.26 Å². The third-order valence-corrected chi connectivity index (χ3v) is 7.67. The molecule has 3 N–H and O–H groups in total. The molecule has 5 atom stereocenters. The number of ether oxygens (including phenoxy) is 1. The molecule has 11 heteroatoms. The summed E-state index contributed by atoms with van der Waals surface area (Å²) in [7, 11) is 1.51. The zero-order valence-electron chi connectivity index (χ0n) is 19.7. The van der Waals surface area contributed by atoms with Gasteiger partial charge in [0, 0.05) is 35.8 Å². The van der Waals surface area contributed by atoms with E-state index in [1.165, 1.54) is 12.0 Å². The highest BCUT2D eigenvalue weighted by Gasteiger charge is 2.60. The van der Waals surface area contributed by atoms with Crippen molar-refractivity contribution in [3.63, 3.8) is 0 Å². The van der Waals surface area contributed by atoms with E-state index in [4.69, 9.17) is 4.74 Å². The fraction of sp³-hybridized carbons (Fsp3) is 0.520. The first-order chi connectivity index (χ1) is 17.2. The number of alkyl halides is 2. The Morgan fingerprint density at radius 2 is 2.14 bits per heavy atom. The molecule has 1 aliphatic carbocycles. The molecule has 36 heavy (non-hydrogen) atoms. The molecule has 3 amide bonds. The lowest BCUT2D eigenvalue weighted by atomic mass is 9.71. The molecule has 1 aromatic carbocycles. The van der Waals surface area contributed by atoms with E-state index in [-0.39, 0.29) is 24.4 Å². The first kappa shape index (κ1) is 24.0. The number of rotatable bonds is 6. The van der Waals surface area contributed by atoms with E-state index in [0.29, 0.717) is 36.0 Å². The SMILES string of the molecule is COc1cccc2[nH]c(C(=O)N3[C@H]4CC[C@@H]([C@H]3C(=O)N[C@H](C#N)C[C@H]3CCNC3=O)C(F)(F)C4)cc12. The Morgan fingerprint density at radius 1 is 1.33 bits per heavy atom. The molecule has 1 saturated carbocycles. The maximum Gasteiger partial charge on any atom is 0.271 e. The highest BCUT2D eigenvalue weighted by atomic mass is 19.3. The number of H-pyrrole nitrogens is 1. The third-order valence-electron chi connectivity index (χ3n) is 7.67. The average molecular weight is 500 g/mol. The quantitative estimate of drug-likeness (QED) is 0.562. The van der Waals surface area contributed by atoms with Crippen LogP contribution in [0.25, 0.3) is 10.9 Å². The Kier molecular flexibility index (Phi) is 6.06. The fourth-order valence-electron chi connectivity index (χ4n) is 5.91. The van der Waals surface area contributed by atoms with Crippen molar-refractivity contribution in [2.24, 2.45) is 11.8 Å². The molecule has 1 aromatic heterocycles. The average Bonchev–Trinajstić information content (AvgIpc) is 3.48. The number of benzene rings is 1. The minimum absolute atomic E-state index is 0.0844. The third kappa shape index (κ3) is 4.04. The topological polar surface area (TPSA) is 127 Å². The van der Waals surface area contributed by atoms with Crippen LogP contribution in [0.2, 0.25) is 0 Å². The largest absolute Gasteiger partial charge is 0.496 e. The Labute approximate surface area is 206 Å². The molecule has 0 unspecified atom stereocenters. The minimum Gasteiger partial charge on any atom is -0.496 e. The predicted molar refractivity (Wildman–Crippen MR) is 124 cm³/mol. The van der Waals surface area contributed by atoms with Crippen molar-refractivity contribution in [3.05, 3.63) is 30.0 Å². The number of halogens is 2. The standard InChI is InChI=1S/C25H27F2N5O4/c1-36-20-4-2-3-18-16(20)10-19(31-18)24(35)32-15-5-6-17(25(26,27)11-15)21(32)23(34)30-14(12-28)9-13-7-8-29-22(13)33/h2-4,10,13-15,17,21,31H,5-9,11H2,1H3,(H,29,33)(H,30,34)/t13-,14+,15+,17+,21+/m1/s1. The Hall–Kier alpha value is -3.68. The number of aromatic nitrogens is 1. The Bertz CT molecular complexity index is 1250. The molecule has 4 aliphatic rings. The number of methoxy groups -OCH3 is 1. The van der Waals surface area contributed by atoms with Crippen LogP contribution in [-0.2, 0) is 9.59 Å². The van der Waals surface area contributed by atoms with E-state index in [2.05, 4.69) is 15.6 Å². The van der Waals surface area contributed by atoms with E-state index < -0.39 is 54.1 Å². The van der Waals surface area contributed by atoms with Gasteiger partial charge in [-0.3, -0.25) is 14.4 Å². The van der Waals surface area contributed by atoms with Gasteiger partial charge in [-0.1, -0.05) is 6.07 Å². The van der Waals surface area contributed by atoms with Gasteiger partial charge >= 0.3 is 0 Å². The van der Waals surface area contributed by atoms with Crippen molar-refractivity contribution >= 4 is 28.6 Å². The zero-order valence-corrected chi connectivity index (χ0v) is 19.7. The summed E-state index contributed by atoms with van der Waals surface area (Å²) in [6.07, 6.45) is 0.570. The number of hydrogen-bond donors (Lipinski definition) is 3. The maximum absolute atomic E-state index is 15.0. The molecule has 6 rings (SSSR count). The van der Waals surface area contributed by atoms with E-state index in [1.807, 2.05) is 6.07 Å². The normalized spacial score (nSPS) is 27.4. The lowest BCUT2D eigenvalue weighted by Gasteiger charge is -2.53. The van der Waals surface area contributed by atoms with Crippen LogP contribution in [0.5, 0.6) is 5.75 Å². The summed E-state index contributed by atoms with van der Waals surface area (Å²) >= 11 is 0. The number of nitrogens with one attached hydrogen (secondary N) is 3. The molecule has 190 valence electrons. The second kappa shape index (κ2) is 9.08. The van der Waals surface area contributed by atoms with Crippen LogP contribution in [0.15, 0.2) is 24.3 Å². The van der Waals surface area contributed by atoms with Gasteiger partial charge in [-0.15, -0.1) is 0 Å². The minimum atomic E-state index is -3.11. The molecule has 0 spiro atoms. The monoisotopic (exact) mass is 499 g/mol. The summed E-state index contributed by atoms with van der Waals surface area (Å²) in [6.45, 7) is 0.492. The molecule has 2 bridgehead atoms. The van der Waals surface area contributed by atoms with E-state index in [1.54, 1.807) is 24.3 Å². The maximum atomic E-state index is 15.0. The second-order valence-electron chi connectivity index (χ2n) is 9.77. The fourth-order valence-corrected chi connectivity index (χ4v) is 5.91. The Morgan fingerprint density at radius 3 is 2.81 bits per heavy atom. The summed E-state index contributed by atoms with van der Waals surface area (Å²) in [6, 6.07) is 5.57. The summed E-state index contributed by atoms with van der Waals surface area (Å²) in [5.41, 5.74) is 0.813. The van der Waals surface area contributed by atoms with Crippen molar-refractivity contribution in [2.75, 3.05) is 13.7 Å². The van der Waals surface area contributed by atoms with Crippen LogP contribution in [0, 0.1) is 23.2 Å². The van der Waals surface area contributed by atoms with Gasteiger partial charge in [-0.25, -0.2) is 8.78 Å². The summed E-state index contributed by atoms with van der Waals surface area (Å²) in [5, 5.41) is 15.5. The zero-order chi connectivity index (χ0) is 25.6. The van der Waals surface area contributed by atoms with Crippen LogP contribution >= 0.6 is 0 Å². The predicted octanol–water partition coefficient (Wildman–Crippen LogP) is 2.34. The highest BCUT2D eigenvalue weighted by molar-refractivity contribution is 6.02. The first-order valence-electron chi connectivity index (χ1n) is 12.1. The lowest BCUT2D eigenvalue weighted by Crippen LogP contribution is -2.68. The van der Waals surface area contributed by atoms with Crippen molar-refractivity contribution in [3.8, 4) is 11.8 Å². The molecule has 3 saturated heterocycles. The number of carbonyl (C=O) groups is 3. The van der Waals surface area contributed by atoms with Gasteiger partial charge in [-0.05, 0) is 43.9 Å². The van der Waals surface area contributed by atoms with Gasteiger partial charge < -0.3 is 25.3 Å². The Balaban J connectivity index is 1.43. The van der Waals surface area contributed by atoms with Crippen LogP contribution in [0.1, 0.15) is 42.6 Å². The molecule has 4 heterocycles. The summed E-state index contributed by atoms with van der Waals surface area (Å²) in [4.78, 5) is 43.3. The first-order valence-corrected chi connectivity index (χ1v) is 12.1. The van der Waals surface area contributed by atoms with Crippen LogP contribution in [0.4, 0.5) is 8.78 Å². The molecule has 9 nitrogen and oxygen atoms in total. The van der Waals surface area contributed by atoms with E-state index >= 15 is 0 Å².